The van der Waals surface area contributed by atoms with E-state index >= 15 is 0 Å². The Balaban J connectivity index is 1.99. The lowest BCUT2D eigenvalue weighted by molar-refractivity contribution is 0.0939. The van der Waals surface area contributed by atoms with E-state index in [-0.39, 0.29) is 11.9 Å². The second-order valence-electron chi connectivity index (χ2n) is 6.19. The van der Waals surface area contributed by atoms with Crippen LogP contribution in [0.1, 0.15) is 61.6 Å². The molecule has 0 spiro atoms. The fourth-order valence-electron chi connectivity index (χ4n) is 3.04. The van der Waals surface area contributed by atoms with Crippen molar-refractivity contribution in [1.29, 1.82) is 0 Å². The summed E-state index contributed by atoms with van der Waals surface area (Å²) in [4.78, 5) is 17.1. The van der Waals surface area contributed by atoms with Crippen molar-refractivity contribution in [2.45, 2.75) is 58.5 Å². The number of fused-ring (bicyclic) bond motifs is 1. The fourth-order valence-corrected chi connectivity index (χ4v) is 3.04. The molecular formula is C16H22N4O. The van der Waals surface area contributed by atoms with Crippen LogP contribution < -0.4 is 5.32 Å². The lowest BCUT2D eigenvalue weighted by Crippen LogP contribution is -2.32. The van der Waals surface area contributed by atoms with Gasteiger partial charge in [0.1, 0.15) is 0 Å². The van der Waals surface area contributed by atoms with Crippen LogP contribution in [0, 0.1) is 6.92 Å². The van der Waals surface area contributed by atoms with E-state index in [0.717, 1.165) is 29.6 Å². The predicted octanol–water partition coefficient (Wildman–Crippen LogP) is 2.99. The number of hydrogen-bond acceptors (Lipinski definition) is 3. The van der Waals surface area contributed by atoms with Gasteiger partial charge in [-0.15, -0.1) is 0 Å². The summed E-state index contributed by atoms with van der Waals surface area (Å²) >= 11 is 0. The van der Waals surface area contributed by atoms with Gasteiger partial charge in [0.15, 0.2) is 5.65 Å². The molecule has 0 atom stereocenters. The summed E-state index contributed by atoms with van der Waals surface area (Å²) in [7, 11) is 0. The van der Waals surface area contributed by atoms with Gasteiger partial charge in [-0.1, -0.05) is 12.8 Å². The van der Waals surface area contributed by atoms with Crippen LogP contribution in [-0.2, 0) is 0 Å². The van der Waals surface area contributed by atoms with Crippen LogP contribution >= 0.6 is 0 Å². The second kappa shape index (κ2) is 5.47. The number of hydrogen-bond donors (Lipinski definition) is 1. The molecule has 1 amide bonds. The largest absolute Gasteiger partial charge is 0.349 e. The van der Waals surface area contributed by atoms with Crippen molar-refractivity contribution in [1.82, 2.24) is 20.1 Å². The van der Waals surface area contributed by atoms with Crippen molar-refractivity contribution >= 4 is 16.9 Å². The summed E-state index contributed by atoms with van der Waals surface area (Å²) in [6.07, 6.45) is 6.35. The molecule has 2 heterocycles. The maximum Gasteiger partial charge on any atom is 0.252 e. The van der Waals surface area contributed by atoms with Crippen molar-refractivity contribution in [3.8, 4) is 0 Å². The number of nitrogens with zero attached hydrogens (tertiary/aromatic N) is 3. The highest BCUT2D eigenvalue weighted by Gasteiger charge is 2.21. The van der Waals surface area contributed by atoms with Crippen molar-refractivity contribution < 1.29 is 4.79 Å². The lowest BCUT2D eigenvalue weighted by Gasteiger charge is -2.13. The monoisotopic (exact) mass is 286 g/mol. The fraction of sp³-hybridized carbons (Fsp3) is 0.562. The van der Waals surface area contributed by atoms with E-state index < -0.39 is 0 Å². The summed E-state index contributed by atoms with van der Waals surface area (Å²) in [5.74, 6) is 0.000654. The summed E-state index contributed by atoms with van der Waals surface area (Å²) in [6.45, 7) is 6.05. The number of aromatic nitrogens is 3. The highest BCUT2D eigenvalue weighted by Crippen LogP contribution is 2.22. The smallest absolute Gasteiger partial charge is 0.252 e. The Bertz CT molecular complexity index is 668. The van der Waals surface area contributed by atoms with Gasteiger partial charge in [0.05, 0.1) is 17.1 Å². The van der Waals surface area contributed by atoms with Crippen LogP contribution in [0.15, 0.2) is 12.3 Å². The molecule has 1 N–H and O–H groups in total. The first-order valence-electron chi connectivity index (χ1n) is 7.72. The summed E-state index contributed by atoms with van der Waals surface area (Å²) < 4.78 is 1.87. The van der Waals surface area contributed by atoms with E-state index in [1.54, 1.807) is 6.20 Å². The molecule has 5 heteroatoms. The molecular weight excluding hydrogens is 264 g/mol. The minimum atomic E-state index is 0.000654. The summed E-state index contributed by atoms with van der Waals surface area (Å²) in [5.41, 5.74) is 2.33. The molecule has 0 saturated heterocycles. The molecule has 1 aliphatic carbocycles. The molecule has 5 nitrogen and oxygen atoms in total. The molecule has 0 unspecified atom stereocenters. The third-order valence-corrected chi connectivity index (χ3v) is 4.12. The maximum atomic E-state index is 12.6. The van der Waals surface area contributed by atoms with Crippen LogP contribution in [-0.4, -0.2) is 26.7 Å². The van der Waals surface area contributed by atoms with Crippen molar-refractivity contribution in [2.24, 2.45) is 0 Å². The first kappa shape index (κ1) is 14.0. The number of nitrogens with one attached hydrogen (secondary N) is 1. The molecule has 0 bridgehead atoms. The van der Waals surface area contributed by atoms with Gasteiger partial charge in [-0.2, -0.15) is 5.10 Å². The molecule has 3 rings (SSSR count). The Morgan fingerprint density at radius 2 is 2.10 bits per heavy atom. The quantitative estimate of drug-likeness (QED) is 0.943. The molecule has 0 radical (unpaired) electrons. The van der Waals surface area contributed by atoms with E-state index in [1.165, 1.54) is 12.8 Å². The highest BCUT2D eigenvalue weighted by atomic mass is 16.1. The zero-order chi connectivity index (χ0) is 15.0. The van der Waals surface area contributed by atoms with Gasteiger partial charge in [-0.25, -0.2) is 9.67 Å². The Labute approximate surface area is 124 Å². The van der Waals surface area contributed by atoms with Crippen LogP contribution in [0.4, 0.5) is 0 Å². The number of rotatable bonds is 3. The third-order valence-electron chi connectivity index (χ3n) is 4.12. The Kier molecular flexibility index (Phi) is 3.66. The Morgan fingerprint density at radius 1 is 1.38 bits per heavy atom. The van der Waals surface area contributed by atoms with Crippen LogP contribution in [0.3, 0.4) is 0 Å². The van der Waals surface area contributed by atoms with Crippen molar-refractivity contribution in [3.05, 3.63) is 23.5 Å². The lowest BCUT2D eigenvalue weighted by atomic mass is 10.1. The molecule has 0 aromatic carbocycles. The standard InChI is InChI=1S/C16H22N4O/c1-10(2)20-15-14(9-17-20)13(8-11(3)18-15)16(21)19-12-6-4-5-7-12/h8-10,12H,4-7H2,1-3H3,(H,19,21). The van der Waals surface area contributed by atoms with Gasteiger partial charge in [0, 0.05) is 17.8 Å². The van der Waals surface area contributed by atoms with Crippen molar-refractivity contribution in [3.63, 3.8) is 0 Å². The first-order chi connectivity index (χ1) is 10.1. The van der Waals surface area contributed by atoms with Gasteiger partial charge in [0.25, 0.3) is 5.91 Å². The van der Waals surface area contributed by atoms with E-state index in [0.29, 0.717) is 11.6 Å². The second-order valence-corrected chi connectivity index (χ2v) is 6.19. The summed E-state index contributed by atoms with van der Waals surface area (Å²) in [6, 6.07) is 2.41. The number of carbonyl (C=O) groups excluding carboxylic acids is 1. The topological polar surface area (TPSA) is 59.8 Å². The first-order valence-corrected chi connectivity index (χ1v) is 7.72. The van der Waals surface area contributed by atoms with Crippen LogP contribution in [0.25, 0.3) is 11.0 Å². The van der Waals surface area contributed by atoms with E-state index in [2.05, 4.69) is 29.2 Å². The minimum Gasteiger partial charge on any atom is -0.349 e. The van der Waals surface area contributed by atoms with Gasteiger partial charge >= 0.3 is 0 Å². The zero-order valence-corrected chi connectivity index (χ0v) is 12.9. The molecule has 21 heavy (non-hydrogen) atoms. The van der Waals surface area contributed by atoms with Gasteiger partial charge < -0.3 is 5.32 Å². The molecule has 2 aromatic rings. The van der Waals surface area contributed by atoms with Crippen LogP contribution in [0.5, 0.6) is 0 Å². The van der Waals surface area contributed by atoms with E-state index in [1.807, 2.05) is 17.7 Å². The Hall–Kier alpha value is -1.91. The Morgan fingerprint density at radius 3 is 2.76 bits per heavy atom. The normalized spacial score (nSPS) is 16.0. The van der Waals surface area contributed by atoms with Crippen LogP contribution in [0.2, 0.25) is 0 Å². The summed E-state index contributed by atoms with van der Waals surface area (Å²) in [5, 5.41) is 8.37. The molecule has 0 aliphatic heterocycles. The van der Waals surface area contributed by atoms with Crippen molar-refractivity contribution in [2.75, 3.05) is 0 Å². The minimum absolute atomic E-state index is 0.000654. The number of amides is 1. The van der Waals surface area contributed by atoms with E-state index in [9.17, 15) is 4.79 Å². The van der Waals surface area contributed by atoms with Gasteiger partial charge in [-0.05, 0) is 39.7 Å². The number of pyridine rings is 1. The molecule has 112 valence electrons. The molecule has 1 fully saturated rings. The maximum absolute atomic E-state index is 12.6. The molecule has 2 aromatic heterocycles. The zero-order valence-electron chi connectivity index (χ0n) is 12.9. The average Bonchev–Trinajstić information content (AvgIpc) is 3.06. The molecule has 1 aliphatic rings. The van der Waals surface area contributed by atoms with Gasteiger partial charge in [-0.3, -0.25) is 4.79 Å². The molecule has 1 saturated carbocycles. The number of aryl methyl sites for hydroxylation is 1. The number of carbonyl (C=O) groups is 1. The third kappa shape index (κ3) is 2.64. The SMILES string of the molecule is Cc1cc(C(=O)NC2CCCC2)c2cnn(C(C)C)c2n1. The highest BCUT2D eigenvalue weighted by molar-refractivity contribution is 6.05. The average molecular weight is 286 g/mol. The van der Waals surface area contributed by atoms with Gasteiger partial charge in [0.2, 0.25) is 0 Å². The predicted molar refractivity (Wildman–Crippen MR) is 82.4 cm³/mol. The van der Waals surface area contributed by atoms with E-state index in [4.69, 9.17) is 0 Å².